The van der Waals surface area contributed by atoms with Crippen LogP contribution in [0.4, 0.5) is 5.69 Å². The Kier molecular flexibility index (Phi) is 4.85. The summed E-state index contributed by atoms with van der Waals surface area (Å²) in [5, 5.41) is 14.8. The zero-order valence-electron chi connectivity index (χ0n) is 11.6. The van der Waals surface area contributed by atoms with Gasteiger partial charge in [0.15, 0.2) is 0 Å². The fraction of sp³-hybridized carbons (Fsp3) is 0.0667. The first-order valence-electron chi connectivity index (χ1n) is 6.33. The topological polar surface area (TPSA) is 84.6 Å². The van der Waals surface area contributed by atoms with Crippen molar-refractivity contribution in [3.05, 3.63) is 74.8 Å². The molecule has 2 aromatic carbocycles. The molecule has 1 N–H and O–H groups in total. The molecule has 7 heteroatoms. The minimum atomic E-state index is -0.641. The maximum atomic E-state index is 12.0. The molecule has 6 nitrogen and oxygen atoms in total. The van der Waals surface area contributed by atoms with Crippen molar-refractivity contribution in [3.8, 4) is 0 Å². The Balaban J connectivity index is 2.16. The molecule has 2 aromatic rings. The number of carbonyl (C=O) groups is 1. The molecule has 112 valence electrons. The number of hydrogen-bond donors (Lipinski definition) is 1. The molecule has 0 fully saturated rings. The summed E-state index contributed by atoms with van der Waals surface area (Å²) in [5.74, 6) is -0.546. The Morgan fingerprint density at radius 2 is 1.86 bits per heavy atom. The molecule has 0 aliphatic heterocycles. The van der Waals surface area contributed by atoms with Crippen molar-refractivity contribution in [3.63, 3.8) is 0 Å². The predicted molar refractivity (Wildman–Crippen MR) is 84.2 cm³/mol. The Hall–Kier alpha value is -2.73. The van der Waals surface area contributed by atoms with Crippen LogP contribution in [-0.2, 0) is 0 Å². The average molecular weight is 318 g/mol. The number of nitro benzene ring substituents is 1. The first-order chi connectivity index (χ1) is 10.5. The third-order valence-corrected chi connectivity index (χ3v) is 3.24. The Bertz CT molecular complexity index is 745. The van der Waals surface area contributed by atoms with Crippen molar-refractivity contribution in [2.24, 2.45) is 5.10 Å². The van der Waals surface area contributed by atoms with Crippen LogP contribution in [0.25, 0.3) is 0 Å². The molecule has 0 saturated heterocycles. The Labute approximate surface area is 131 Å². The highest BCUT2D eigenvalue weighted by atomic mass is 35.5. The van der Waals surface area contributed by atoms with Crippen LogP contribution in [0.15, 0.2) is 53.6 Å². The number of amides is 1. The van der Waals surface area contributed by atoms with E-state index in [-0.39, 0.29) is 16.3 Å². The van der Waals surface area contributed by atoms with Crippen LogP contribution in [0.1, 0.15) is 22.8 Å². The normalized spacial score (nSPS) is 11.1. The van der Waals surface area contributed by atoms with Gasteiger partial charge in [0.1, 0.15) is 5.02 Å². The monoisotopic (exact) mass is 317 g/mol. The highest BCUT2D eigenvalue weighted by Crippen LogP contribution is 2.24. The second-order valence-electron chi connectivity index (χ2n) is 4.43. The van der Waals surface area contributed by atoms with Gasteiger partial charge in [-0.05, 0) is 24.6 Å². The van der Waals surface area contributed by atoms with E-state index in [2.05, 4.69) is 10.5 Å². The van der Waals surface area contributed by atoms with E-state index in [1.54, 1.807) is 6.92 Å². The number of rotatable bonds is 4. The third kappa shape index (κ3) is 3.67. The highest BCUT2D eigenvalue weighted by Gasteiger charge is 2.16. The van der Waals surface area contributed by atoms with Crippen LogP contribution >= 0.6 is 11.6 Å². The van der Waals surface area contributed by atoms with Gasteiger partial charge in [-0.3, -0.25) is 14.9 Å². The molecule has 0 unspecified atom stereocenters. The van der Waals surface area contributed by atoms with Crippen molar-refractivity contribution in [1.82, 2.24) is 5.43 Å². The molecule has 22 heavy (non-hydrogen) atoms. The van der Waals surface area contributed by atoms with Gasteiger partial charge in [-0.2, -0.15) is 5.10 Å². The van der Waals surface area contributed by atoms with Crippen LogP contribution in [0.3, 0.4) is 0 Å². The number of nitrogens with one attached hydrogen (secondary N) is 1. The first-order valence-corrected chi connectivity index (χ1v) is 6.71. The van der Waals surface area contributed by atoms with E-state index in [0.29, 0.717) is 5.71 Å². The van der Waals surface area contributed by atoms with Crippen molar-refractivity contribution >= 4 is 28.9 Å². The number of nitro groups is 1. The smallest absolute Gasteiger partial charge is 0.267 e. The number of halogens is 1. The van der Waals surface area contributed by atoms with E-state index in [9.17, 15) is 14.9 Å². The quantitative estimate of drug-likeness (QED) is 0.533. The maximum absolute atomic E-state index is 12.0. The van der Waals surface area contributed by atoms with Crippen molar-refractivity contribution in [2.75, 3.05) is 0 Å². The molecule has 0 atom stereocenters. The lowest BCUT2D eigenvalue weighted by molar-refractivity contribution is -0.384. The van der Waals surface area contributed by atoms with Gasteiger partial charge < -0.3 is 0 Å². The van der Waals surface area contributed by atoms with Crippen LogP contribution in [0, 0.1) is 10.1 Å². The second-order valence-corrected chi connectivity index (χ2v) is 4.83. The average Bonchev–Trinajstić information content (AvgIpc) is 2.53. The van der Waals surface area contributed by atoms with Gasteiger partial charge in [0.25, 0.3) is 11.6 Å². The van der Waals surface area contributed by atoms with Gasteiger partial charge in [-0.25, -0.2) is 5.43 Å². The molecular weight excluding hydrogens is 306 g/mol. The number of carbonyl (C=O) groups excluding carboxylic acids is 1. The van der Waals surface area contributed by atoms with E-state index in [4.69, 9.17) is 11.6 Å². The predicted octanol–water partition coefficient (Wildman–Crippen LogP) is 3.40. The summed E-state index contributed by atoms with van der Waals surface area (Å²) in [4.78, 5) is 22.2. The summed E-state index contributed by atoms with van der Waals surface area (Å²) in [7, 11) is 0. The van der Waals surface area contributed by atoms with Gasteiger partial charge in [-0.15, -0.1) is 0 Å². The molecule has 0 aliphatic rings. The van der Waals surface area contributed by atoms with E-state index in [1.807, 2.05) is 30.3 Å². The molecule has 0 heterocycles. The SMILES string of the molecule is CC(=NNC(=O)c1ccc(Cl)c([N+](=O)[O-])c1)c1ccccc1. The fourth-order valence-corrected chi connectivity index (χ4v) is 1.92. The zero-order chi connectivity index (χ0) is 16.1. The van der Waals surface area contributed by atoms with E-state index in [0.717, 1.165) is 11.6 Å². The lowest BCUT2D eigenvalue weighted by Crippen LogP contribution is -2.19. The van der Waals surface area contributed by atoms with Crippen molar-refractivity contribution < 1.29 is 9.72 Å². The van der Waals surface area contributed by atoms with Gasteiger partial charge in [0, 0.05) is 11.6 Å². The highest BCUT2D eigenvalue weighted by molar-refractivity contribution is 6.32. The minimum Gasteiger partial charge on any atom is -0.267 e. The molecule has 0 aromatic heterocycles. The third-order valence-electron chi connectivity index (χ3n) is 2.92. The van der Waals surface area contributed by atoms with Crippen molar-refractivity contribution in [2.45, 2.75) is 6.92 Å². The maximum Gasteiger partial charge on any atom is 0.288 e. The number of benzene rings is 2. The van der Waals surface area contributed by atoms with Gasteiger partial charge in [0.2, 0.25) is 0 Å². The number of hydrazone groups is 1. The number of hydrogen-bond acceptors (Lipinski definition) is 4. The molecule has 0 aliphatic carbocycles. The summed E-state index contributed by atoms with van der Waals surface area (Å²) in [6.45, 7) is 1.75. The standard InChI is InChI=1S/C15H12ClN3O3/c1-10(11-5-3-2-4-6-11)17-18-15(20)12-7-8-13(16)14(9-12)19(21)22/h2-9H,1H3,(H,18,20). The largest absolute Gasteiger partial charge is 0.288 e. The fourth-order valence-electron chi connectivity index (χ4n) is 1.74. The summed E-state index contributed by atoms with van der Waals surface area (Å²) in [6.07, 6.45) is 0. The van der Waals surface area contributed by atoms with Crippen LogP contribution in [0.5, 0.6) is 0 Å². The molecule has 0 radical (unpaired) electrons. The molecule has 0 bridgehead atoms. The summed E-state index contributed by atoms with van der Waals surface area (Å²) < 4.78 is 0. The van der Waals surface area contributed by atoms with Crippen molar-refractivity contribution in [1.29, 1.82) is 0 Å². The van der Waals surface area contributed by atoms with Gasteiger partial charge >= 0.3 is 0 Å². The summed E-state index contributed by atoms with van der Waals surface area (Å²) in [5.41, 5.74) is 3.64. The molecule has 0 spiro atoms. The van der Waals surface area contributed by atoms with Gasteiger partial charge in [-0.1, -0.05) is 41.9 Å². The van der Waals surface area contributed by atoms with E-state index < -0.39 is 10.8 Å². The molecule has 0 saturated carbocycles. The zero-order valence-corrected chi connectivity index (χ0v) is 12.4. The summed E-state index contributed by atoms with van der Waals surface area (Å²) >= 11 is 5.70. The van der Waals surface area contributed by atoms with Crippen LogP contribution < -0.4 is 5.43 Å². The van der Waals surface area contributed by atoms with E-state index in [1.165, 1.54) is 12.1 Å². The molecule has 2 rings (SSSR count). The Morgan fingerprint density at radius 3 is 2.50 bits per heavy atom. The van der Waals surface area contributed by atoms with Gasteiger partial charge in [0.05, 0.1) is 10.6 Å². The minimum absolute atomic E-state index is 0.0227. The molecule has 1 amide bonds. The lowest BCUT2D eigenvalue weighted by atomic mass is 10.1. The number of nitrogens with zero attached hydrogens (tertiary/aromatic N) is 2. The van der Waals surface area contributed by atoms with E-state index >= 15 is 0 Å². The first kappa shape index (κ1) is 15.7. The Morgan fingerprint density at radius 1 is 1.18 bits per heavy atom. The van der Waals surface area contributed by atoms with Crippen LogP contribution in [0.2, 0.25) is 5.02 Å². The molecular formula is C15H12ClN3O3. The van der Waals surface area contributed by atoms with Crippen LogP contribution in [-0.4, -0.2) is 16.5 Å². The second kappa shape index (κ2) is 6.82. The lowest BCUT2D eigenvalue weighted by Gasteiger charge is -2.03. The summed E-state index contributed by atoms with van der Waals surface area (Å²) in [6, 6.07) is 13.1.